The van der Waals surface area contributed by atoms with Crippen LogP contribution in [0.15, 0.2) is 30.3 Å². The van der Waals surface area contributed by atoms with E-state index in [0.717, 1.165) is 28.8 Å². The molecule has 0 spiro atoms. The Bertz CT molecular complexity index is 814. The highest BCUT2D eigenvalue weighted by Gasteiger charge is 2.44. The van der Waals surface area contributed by atoms with Gasteiger partial charge in [-0.15, -0.1) is 0 Å². The molecule has 2 heterocycles. The van der Waals surface area contributed by atoms with Gasteiger partial charge in [-0.3, -0.25) is 0 Å². The summed E-state index contributed by atoms with van der Waals surface area (Å²) in [5, 5.41) is 0. The Labute approximate surface area is 137 Å². The molecular formula is C20H22NO2+. The zero-order valence-electron chi connectivity index (χ0n) is 13.8. The van der Waals surface area contributed by atoms with E-state index in [9.17, 15) is 0 Å². The number of nitrogens with zero attached hydrogens (tertiary/aromatic N) is 1. The van der Waals surface area contributed by atoms with Crippen molar-refractivity contribution in [2.24, 2.45) is 0 Å². The topological polar surface area (TPSA) is 18.5 Å². The van der Waals surface area contributed by atoms with Crippen molar-refractivity contribution in [2.75, 3.05) is 26.9 Å². The molecule has 0 radical (unpaired) electrons. The number of hydrogen-bond acceptors (Lipinski definition) is 2. The summed E-state index contributed by atoms with van der Waals surface area (Å²) in [6.45, 7) is 5.03. The Morgan fingerprint density at radius 3 is 2.91 bits per heavy atom. The minimum absolute atomic E-state index is 0.345. The summed E-state index contributed by atoms with van der Waals surface area (Å²) in [6.07, 6.45) is 2.25. The van der Waals surface area contributed by atoms with Gasteiger partial charge in [0.2, 0.25) is 6.79 Å². The van der Waals surface area contributed by atoms with Gasteiger partial charge in [0.05, 0.1) is 20.1 Å². The number of benzene rings is 2. The van der Waals surface area contributed by atoms with Gasteiger partial charge >= 0.3 is 0 Å². The van der Waals surface area contributed by atoms with Gasteiger partial charge in [-0.2, -0.15) is 0 Å². The third kappa shape index (κ3) is 1.69. The largest absolute Gasteiger partial charge is 0.454 e. The van der Waals surface area contributed by atoms with Crippen LogP contribution in [0.25, 0.3) is 11.1 Å². The van der Waals surface area contributed by atoms with Gasteiger partial charge in [-0.25, -0.2) is 0 Å². The maximum atomic E-state index is 5.90. The normalized spacial score (nSPS) is 26.6. The number of quaternary nitrogens is 1. The number of rotatable bonds is 1. The quantitative estimate of drug-likeness (QED) is 0.748. The number of likely N-dealkylation sites (N-methyl/N-ethyl adjacent to an activating group) is 1. The van der Waals surface area contributed by atoms with Crippen LogP contribution in [-0.4, -0.2) is 31.4 Å². The van der Waals surface area contributed by atoms with Crippen LogP contribution in [0.5, 0.6) is 11.5 Å². The fourth-order valence-corrected chi connectivity index (χ4v) is 4.66. The Balaban J connectivity index is 1.86. The summed E-state index contributed by atoms with van der Waals surface area (Å²) in [4.78, 5) is 0. The maximum Gasteiger partial charge on any atom is 0.231 e. The molecule has 0 fully saturated rings. The van der Waals surface area contributed by atoms with Crippen molar-refractivity contribution in [3.8, 4) is 22.6 Å². The Morgan fingerprint density at radius 2 is 2.04 bits per heavy atom. The molecule has 2 unspecified atom stereocenters. The van der Waals surface area contributed by atoms with Gasteiger partial charge in [0.1, 0.15) is 6.04 Å². The zero-order chi connectivity index (χ0) is 15.6. The molecule has 118 valence electrons. The zero-order valence-corrected chi connectivity index (χ0v) is 13.8. The lowest BCUT2D eigenvalue weighted by Crippen LogP contribution is -2.52. The molecule has 2 aliphatic heterocycles. The fraction of sp³-hybridized carbons (Fsp3) is 0.400. The number of hydrogen-bond donors (Lipinski definition) is 0. The van der Waals surface area contributed by atoms with Crippen molar-refractivity contribution in [1.82, 2.24) is 0 Å². The molecule has 1 aliphatic carbocycles. The molecule has 0 saturated heterocycles. The van der Waals surface area contributed by atoms with Crippen molar-refractivity contribution in [1.29, 1.82) is 0 Å². The minimum atomic E-state index is 0.345. The highest BCUT2D eigenvalue weighted by molar-refractivity contribution is 5.83. The molecule has 2 atom stereocenters. The first kappa shape index (κ1) is 13.4. The van der Waals surface area contributed by atoms with E-state index in [0.29, 0.717) is 12.8 Å². The SMILES string of the molecule is CC[N+]1(C)CCc2cc3c(c4c2C1Cc1ccccc1-4)OCO3. The molecule has 0 aromatic heterocycles. The third-order valence-electron chi connectivity index (χ3n) is 6.19. The second-order valence-electron chi connectivity index (χ2n) is 7.20. The first-order chi connectivity index (χ1) is 11.2. The van der Waals surface area contributed by atoms with Gasteiger partial charge in [0.25, 0.3) is 0 Å². The maximum absolute atomic E-state index is 5.90. The van der Waals surface area contributed by atoms with Crippen molar-refractivity contribution >= 4 is 0 Å². The predicted octanol–water partition coefficient (Wildman–Crippen LogP) is 3.70. The molecule has 2 aromatic carbocycles. The first-order valence-electron chi connectivity index (χ1n) is 8.59. The van der Waals surface area contributed by atoms with Crippen LogP contribution in [0, 0.1) is 0 Å². The predicted molar refractivity (Wildman–Crippen MR) is 89.7 cm³/mol. The van der Waals surface area contributed by atoms with Crippen LogP contribution in [0.3, 0.4) is 0 Å². The summed E-state index contributed by atoms with van der Waals surface area (Å²) >= 11 is 0. The summed E-state index contributed by atoms with van der Waals surface area (Å²) in [5.74, 6) is 1.90. The number of fused-ring (bicyclic) bond motifs is 4. The van der Waals surface area contributed by atoms with E-state index in [1.807, 2.05) is 0 Å². The number of ether oxygens (including phenoxy) is 2. The molecule has 5 rings (SSSR count). The monoisotopic (exact) mass is 308 g/mol. The molecule has 3 nitrogen and oxygen atoms in total. The first-order valence-corrected chi connectivity index (χ1v) is 8.59. The van der Waals surface area contributed by atoms with E-state index in [4.69, 9.17) is 9.47 Å². The van der Waals surface area contributed by atoms with E-state index in [1.165, 1.54) is 40.9 Å². The minimum Gasteiger partial charge on any atom is -0.454 e. The van der Waals surface area contributed by atoms with Crippen molar-refractivity contribution < 1.29 is 14.0 Å². The van der Waals surface area contributed by atoms with Gasteiger partial charge in [0.15, 0.2) is 11.5 Å². The van der Waals surface area contributed by atoms with Crippen LogP contribution in [0.2, 0.25) is 0 Å². The summed E-state index contributed by atoms with van der Waals surface area (Å²) in [6, 6.07) is 11.6. The van der Waals surface area contributed by atoms with Crippen LogP contribution in [0.1, 0.15) is 29.7 Å². The second-order valence-corrected chi connectivity index (χ2v) is 7.20. The molecule has 2 aromatic rings. The molecule has 0 bridgehead atoms. The van der Waals surface area contributed by atoms with Gasteiger partial charge < -0.3 is 14.0 Å². The van der Waals surface area contributed by atoms with Crippen LogP contribution < -0.4 is 9.47 Å². The Kier molecular flexibility index (Phi) is 2.64. The van der Waals surface area contributed by atoms with Gasteiger partial charge in [-0.1, -0.05) is 24.3 Å². The summed E-state index contributed by atoms with van der Waals surface area (Å²) < 4.78 is 12.7. The Morgan fingerprint density at radius 1 is 1.17 bits per heavy atom. The Hall–Kier alpha value is -2.00. The second kappa shape index (κ2) is 4.51. The molecule has 3 heteroatoms. The average molecular weight is 308 g/mol. The molecule has 23 heavy (non-hydrogen) atoms. The highest BCUT2D eigenvalue weighted by Crippen LogP contribution is 2.54. The van der Waals surface area contributed by atoms with E-state index >= 15 is 0 Å². The lowest BCUT2D eigenvalue weighted by molar-refractivity contribution is -0.939. The van der Waals surface area contributed by atoms with Crippen LogP contribution in [-0.2, 0) is 12.8 Å². The fourth-order valence-electron chi connectivity index (χ4n) is 4.66. The van der Waals surface area contributed by atoms with Gasteiger partial charge in [0, 0.05) is 24.0 Å². The lowest BCUT2D eigenvalue weighted by atomic mass is 9.75. The molecule has 0 saturated carbocycles. The van der Waals surface area contributed by atoms with Crippen LogP contribution >= 0.6 is 0 Å². The molecule has 3 aliphatic rings. The van der Waals surface area contributed by atoms with Gasteiger partial charge in [-0.05, 0) is 29.7 Å². The lowest BCUT2D eigenvalue weighted by Gasteiger charge is -2.47. The smallest absolute Gasteiger partial charge is 0.231 e. The van der Waals surface area contributed by atoms with E-state index in [-0.39, 0.29) is 0 Å². The standard InChI is InChI=1S/C20H22NO2/c1-3-21(2)9-8-14-11-17-20(23-12-22-17)19-15-7-5-4-6-13(15)10-16(21)18(14)19/h4-7,11,16H,3,8-10,12H2,1-2H3/q+1. The average Bonchev–Trinajstić information content (AvgIpc) is 3.06. The van der Waals surface area contributed by atoms with E-state index in [1.54, 1.807) is 0 Å². The van der Waals surface area contributed by atoms with E-state index < -0.39 is 0 Å². The van der Waals surface area contributed by atoms with Crippen molar-refractivity contribution in [2.45, 2.75) is 25.8 Å². The summed E-state index contributed by atoms with van der Waals surface area (Å²) in [5.41, 5.74) is 7.07. The van der Waals surface area contributed by atoms with E-state index in [2.05, 4.69) is 44.3 Å². The highest BCUT2D eigenvalue weighted by atomic mass is 16.7. The molecule has 0 amide bonds. The van der Waals surface area contributed by atoms with Crippen LogP contribution in [0.4, 0.5) is 0 Å². The summed E-state index contributed by atoms with van der Waals surface area (Å²) in [7, 11) is 2.41. The molecule has 0 N–H and O–H groups in total. The van der Waals surface area contributed by atoms with Crippen molar-refractivity contribution in [3.63, 3.8) is 0 Å². The van der Waals surface area contributed by atoms with Crippen molar-refractivity contribution in [3.05, 3.63) is 47.0 Å². The molecular weight excluding hydrogens is 286 g/mol. The third-order valence-corrected chi connectivity index (χ3v) is 6.19.